The number of methoxy groups -OCH3 is 1. The van der Waals surface area contributed by atoms with Crippen molar-refractivity contribution in [1.29, 1.82) is 0 Å². The predicted octanol–water partition coefficient (Wildman–Crippen LogP) is 4.51. The summed E-state index contributed by atoms with van der Waals surface area (Å²) in [6.07, 6.45) is 1.66. The topological polar surface area (TPSA) is 47.3 Å². The van der Waals surface area contributed by atoms with Crippen LogP contribution in [-0.2, 0) is 6.54 Å². The summed E-state index contributed by atoms with van der Waals surface area (Å²) in [5.41, 5.74) is 4.19. The highest BCUT2D eigenvalue weighted by Gasteiger charge is 2.12. The van der Waals surface area contributed by atoms with E-state index < -0.39 is 0 Å². The first-order valence-corrected chi connectivity index (χ1v) is 8.05. The Morgan fingerprint density at radius 2 is 1.96 bits per heavy atom. The third-order valence-electron chi connectivity index (χ3n) is 4.07. The fraction of sp³-hybridized carbons (Fsp3) is 0.250. The first kappa shape index (κ1) is 16.3. The quantitative estimate of drug-likeness (QED) is 0.725. The van der Waals surface area contributed by atoms with Crippen LogP contribution in [0.2, 0.25) is 0 Å². The van der Waals surface area contributed by atoms with Crippen molar-refractivity contribution in [3.63, 3.8) is 0 Å². The highest BCUT2D eigenvalue weighted by Crippen LogP contribution is 2.30. The first-order valence-electron chi connectivity index (χ1n) is 8.05. The maximum absolute atomic E-state index is 5.46. The minimum atomic E-state index is 0.283. The van der Waals surface area contributed by atoms with Crippen molar-refractivity contribution in [3.05, 3.63) is 71.8 Å². The number of benzene rings is 2. The van der Waals surface area contributed by atoms with Crippen LogP contribution in [-0.4, -0.2) is 12.1 Å². The molecule has 0 bridgehead atoms. The van der Waals surface area contributed by atoms with Crippen molar-refractivity contribution in [1.82, 2.24) is 10.3 Å². The molecule has 0 saturated heterocycles. The highest BCUT2D eigenvalue weighted by molar-refractivity contribution is 5.67. The summed E-state index contributed by atoms with van der Waals surface area (Å²) in [5.74, 6) is 1.44. The van der Waals surface area contributed by atoms with Gasteiger partial charge in [0, 0.05) is 25.1 Å². The fourth-order valence-electron chi connectivity index (χ4n) is 2.68. The number of nitrogens with zero attached hydrogens (tertiary/aromatic N) is 1. The van der Waals surface area contributed by atoms with Crippen molar-refractivity contribution in [2.75, 3.05) is 7.11 Å². The van der Waals surface area contributed by atoms with Gasteiger partial charge in [-0.2, -0.15) is 0 Å². The molecule has 0 radical (unpaired) electrons. The Kier molecular flexibility index (Phi) is 4.96. The number of hydrogen-bond acceptors (Lipinski definition) is 4. The minimum absolute atomic E-state index is 0.283. The van der Waals surface area contributed by atoms with E-state index in [0.29, 0.717) is 5.89 Å². The van der Waals surface area contributed by atoms with E-state index in [0.717, 1.165) is 23.6 Å². The number of oxazole rings is 1. The van der Waals surface area contributed by atoms with Gasteiger partial charge in [-0.15, -0.1) is 0 Å². The van der Waals surface area contributed by atoms with Gasteiger partial charge in [0.2, 0.25) is 0 Å². The summed E-state index contributed by atoms with van der Waals surface area (Å²) >= 11 is 0. The Hall–Kier alpha value is -2.59. The fourth-order valence-corrected chi connectivity index (χ4v) is 2.68. The second-order valence-corrected chi connectivity index (χ2v) is 5.80. The van der Waals surface area contributed by atoms with Gasteiger partial charge < -0.3 is 14.5 Å². The summed E-state index contributed by atoms with van der Waals surface area (Å²) in [7, 11) is 1.67. The molecule has 3 aromatic rings. The Morgan fingerprint density at radius 1 is 1.17 bits per heavy atom. The van der Waals surface area contributed by atoms with E-state index in [9.17, 15) is 0 Å². The molecule has 1 heterocycles. The van der Waals surface area contributed by atoms with Crippen molar-refractivity contribution in [2.45, 2.75) is 26.4 Å². The molecule has 0 aliphatic carbocycles. The number of aryl methyl sites for hydroxylation is 1. The lowest BCUT2D eigenvalue weighted by Crippen LogP contribution is -2.18. The molecule has 124 valence electrons. The van der Waals surface area contributed by atoms with Crippen LogP contribution < -0.4 is 10.1 Å². The predicted molar refractivity (Wildman–Crippen MR) is 94.9 cm³/mol. The van der Waals surface area contributed by atoms with Gasteiger partial charge in [0.25, 0.3) is 0 Å². The van der Waals surface area contributed by atoms with Gasteiger partial charge in [-0.05, 0) is 30.2 Å². The number of aromatic nitrogens is 1. The smallest absolute Gasteiger partial charge is 0.191 e. The number of nitrogens with one attached hydrogen (secondary N) is 1. The highest BCUT2D eigenvalue weighted by atomic mass is 16.5. The maximum atomic E-state index is 5.46. The molecule has 2 aromatic carbocycles. The van der Waals surface area contributed by atoms with E-state index in [-0.39, 0.29) is 6.04 Å². The van der Waals surface area contributed by atoms with Crippen molar-refractivity contribution >= 4 is 0 Å². The zero-order valence-corrected chi connectivity index (χ0v) is 14.2. The number of rotatable bonds is 6. The third kappa shape index (κ3) is 3.66. The van der Waals surface area contributed by atoms with E-state index in [2.05, 4.69) is 53.6 Å². The largest absolute Gasteiger partial charge is 0.496 e. The number of hydrogen-bond donors (Lipinski definition) is 1. The molecular weight excluding hydrogens is 300 g/mol. The molecule has 0 aliphatic rings. The van der Waals surface area contributed by atoms with Crippen LogP contribution >= 0.6 is 0 Å². The van der Waals surface area contributed by atoms with Crippen molar-refractivity contribution in [3.8, 4) is 17.0 Å². The average Bonchev–Trinajstić information content (AvgIpc) is 3.06. The Bertz CT molecular complexity index is 796. The number of ether oxygens (including phenoxy) is 1. The Balaban J connectivity index is 1.77. The summed E-state index contributed by atoms with van der Waals surface area (Å²) in [6, 6.07) is 16.9. The standard InChI is InChI=1S/C20H22N2O2/c1-14(17-7-5-4-6-8-17)21-12-16-9-10-20(23-3)18(11-16)19-13-24-15(2)22-19/h4-11,13-14,21H,12H2,1-3H3. The van der Waals surface area contributed by atoms with E-state index in [4.69, 9.17) is 9.15 Å². The molecule has 1 N–H and O–H groups in total. The van der Waals surface area contributed by atoms with E-state index in [1.54, 1.807) is 13.4 Å². The molecule has 1 atom stereocenters. The lowest BCUT2D eigenvalue weighted by Gasteiger charge is -2.15. The molecule has 0 amide bonds. The second kappa shape index (κ2) is 7.32. The van der Waals surface area contributed by atoms with Crippen LogP contribution in [0.15, 0.2) is 59.2 Å². The summed E-state index contributed by atoms with van der Waals surface area (Å²) in [4.78, 5) is 4.41. The molecule has 4 heteroatoms. The van der Waals surface area contributed by atoms with Gasteiger partial charge >= 0.3 is 0 Å². The van der Waals surface area contributed by atoms with Gasteiger partial charge in [0.05, 0.1) is 7.11 Å². The molecule has 4 nitrogen and oxygen atoms in total. The van der Waals surface area contributed by atoms with Crippen LogP contribution in [0.5, 0.6) is 5.75 Å². The monoisotopic (exact) mass is 322 g/mol. The maximum Gasteiger partial charge on any atom is 0.191 e. The third-order valence-corrected chi connectivity index (χ3v) is 4.07. The minimum Gasteiger partial charge on any atom is -0.496 e. The lowest BCUT2D eigenvalue weighted by molar-refractivity contribution is 0.416. The summed E-state index contributed by atoms with van der Waals surface area (Å²) in [5, 5.41) is 3.55. The van der Waals surface area contributed by atoms with E-state index in [1.807, 2.05) is 19.1 Å². The Labute approximate surface area is 142 Å². The van der Waals surface area contributed by atoms with Crippen LogP contribution in [0.3, 0.4) is 0 Å². The molecule has 3 rings (SSSR count). The zero-order valence-electron chi connectivity index (χ0n) is 14.2. The van der Waals surface area contributed by atoms with Crippen LogP contribution in [0.25, 0.3) is 11.3 Å². The Morgan fingerprint density at radius 3 is 2.62 bits per heavy atom. The van der Waals surface area contributed by atoms with Gasteiger partial charge in [0.1, 0.15) is 17.7 Å². The normalized spacial score (nSPS) is 12.1. The van der Waals surface area contributed by atoms with Gasteiger partial charge in [-0.3, -0.25) is 0 Å². The molecule has 0 aliphatic heterocycles. The molecule has 1 unspecified atom stereocenters. The summed E-state index contributed by atoms with van der Waals surface area (Å²) < 4.78 is 10.8. The van der Waals surface area contributed by atoms with Crippen LogP contribution in [0.1, 0.15) is 30.0 Å². The average molecular weight is 322 g/mol. The molecular formula is C20H22N2O2. The van der Waals surface area contributed by atoms with E-state index >= 15 is 0 Å². The van der Waals surface area contributed by atoms with Crippen molar-refractivity contribution in [2.24, 2.45) is 0 Å². The molecule has 24 heavy (non-hydrogen) atoms. The van der Waals surface area contributed by atoms with Crippen LogP contribution in [0.4, 0.5) is 0 Å². The van der Waals surface area contributed by atoms with Crippen LogP contribution in [0, 0.1) is 6.92 Å². The van der Waals surface area contributed by atoms with E-state index in [1.165, 1.54) is 11.1 Å². The molecule has 0 fully saturated rings. The first-order chi connectivity index (χ1) is 11.7. The van der Waals surface area contributed by atoms with Gasteiger partial charge in [0.15, 0.2) is 5.89 Å². The second-order valence-electron chi connectivity index (χ2n) is 5.80. The molecule has 1 aromatic heterocycles. The lowest BCUT2D eigenvalue weighted by atomic mass is 10.1. The summed E-state index contributed by atoms with van der Waals surface area (Å²) in [6.45, 7) is 4.77. The zero-order chi connectivity index (χ0) is 16.9. The van der Waals surface area contributed by atoms with Gasteiger partial charge in [-0.25, -0.2) is 4.98 Å². The SMILES string of the molecule is COc1ccc(CNC(C)c2ccccc2)cc1-c1coc(C)n1. The molecule has 0 spiro atoms. The van der Waals surface area contributed by atoms with Gasteiger partial charge in [-0.1, -0.05) is 36.4 Å². The molecule has 0 saturated carbocycles. The van der Waals surface area contributed by atoms with Crippen molar-refractivity contribution < 1.29 is 9.15 Å².